The number of hydrazine groups is 1. The number of amides is 2. The van der Waals surface area contributed by atoms with Gasteiger partial charge in [0.15, 0.2) is 15.8 Å². The second-order valence-electron chi connectivity index (χ2n) is 5.88. The summed E-state index contributed by atoms with van der Waals surface area (Å²) in [6, 6.07) is 10.3. The van der Waals surface area contributed by atoms with Crippen molar-refractivity contribution in [2.45, 2.75) is 0 Å². The van der Waals surface area contributed by atoms with Gasteiger partial charge in [0.1, 0.15) is 0 Å². The molecule has 1 saturated heterocycles. The molecule has 0 radical (unpaired) electrons. The number of carbonyl (C=O) groups is 2. The van der Waals surface area contributed by atoms with Crippen molar-refractivity contribution in [1.29, 1.82) is 0 Å². The maximum Gasteiger partial charge on any atom is 0.285 e. The topological polar surface area (TPSA) is 111 Å². The quantitative estimate of drug-likeness (QED) is 0.312. The number of hydrogen-bond donors (Lipinski definition) is 1. The summed E-state index contributed by atoms with van der Waals surface area (Å²) in [6.45, 7) is 0. The highest BCUT2D eigenvalue weighted by atomic mass is 32.2. The largest absolute Gasteiger partial charge is 0.493 e. The Balaban J connectivity index is 1.79. The average molecular weight is 445 g/mol. The first-order valence-electron chi connectivity index (χ1n) is 8.39. The van der Waals surface area contributed by atoms with Crippen molar-refractivity contribution in [3.8, 4) is 11.5 Å². The van der Waals surface area contributed by atoms with Gasteiger partial charge in [0, 0.05) is 17.7 Å². The molecule has 1 aliphatic rings. The minimum absolute atomic E-state index is 0.0297. The number of nitrogens with one attached hydrogen (secondary N) is 1. The molecule has 0 saturated carbocycles. The van der Waals surface area contributed by atoms with Crippen molar-refractivity contribution < 1.29 is 24.0 Å². The van der Waals surface area contributed by atoms with Gasteiger partial charge in [0.05, 0.1) is 24.0 Å². The molecule has 0 aromatic heterocycles. The third kappa shape index (κ3) is 4.42. The number of thioether (sulfide) groups is 1. The molecule has 0 bridgehead atoms. The van der Waals surface area contributed by atoms with E-state index in [4.69, 9.17) is 21.7 Å². The molecule has 3 rings (SSSR count). The number of thiocarbonyl (C=S) groups is 1. The Morgan fingerprint density at radius 2 is 1.93 bits per heavy atom. The first-order chi connectivity index (χ1) is 14.3. The minimum atomic E-state index is -0.692. The Morgan fingerprint density at radius 1 is 1.20 bits per heavy atom. The van der Waals surface area contributed by atoms with E-state index in [1.807, 2.05) is 0 Å². The molecule has 154 valence electrons. The van der Waals surface area contributed by atoms with Crippen molar-refractivity contribution in [3.05, 3.63) is 68.6 Å². The van der Waals surface area contributed by atoms with Crippen LogP contribution in [0.3, 0.4) is 0 Å². The van der Waals surface area contributed by atoms with E-state index in [2.05, 4.69) is 5.43 Å². The molecule has 2 aromatic carbocycles. The molecule has 0 unspecified atom stereocenters. The number of carbonyl (C=O) groups excluding carboxylic acids is 2. The molecule has 1 N–H and O–H groups in total. The number of nitrogens with zero attached hydrogens (tertiary/aromatic N) is 2. The van der Waals surface area contributed by atoms with E-state index >= 15 is 0 Å². The fourth-order valence-electron chi connectivity index (χ4n) is 2.58. The van der Waals surface area contributed by atoms with E-state index < -0.39 is 16.7 Å². The molecule has 2 aromatic rings. The standard InChI is InChI=1S/C19H15N3O6S2/c1-27-14-7-6-11(8-15(14)28-2)9-16-18(24)21(19(29)30-16)20-17(23)12-4-3-5-13(10-12)22(25)26/h3-10H,1-2H3,(H,20,23)/b16-9+. The lowest BCUT2D eigenvalue weighted by atomic mass is 10.2. The van der Waals surface area contributed by atoms with Crippen LogP contribution in [0.4, 0.5) is 5.69 Å². The Morgan fingerprint density at radius 3 is 2.60 bits per heavy atom. The van der Waals surface area contributed by atoms with Gasteiger partial charge in [-0.15, -0.1) is 0 Å². The smallest absolute Gasteiger partial charge is 0.285 e. The Hall–Kier alpha value is -3.44. The summed E-state index contributed by atoms with van der Waals surface area (Å²) in [5.41, 5.74) is 2.87. The molecule has 11 heteroatoms. The summed E-state index contributed by atoms with van der Waals surface area (Å²) in [7, 11) is 3.03. The molecule has 0 atom stereocenters. The van der Waals surface area contributed by atoms with Crippen molar-refractivity contribution in [2.24, 2.45) is 0 Å². The zero-order valence-corrected chi connectivity index (χ0v) is 17.4. The highest BCUT2D eigenvalue weighted by Crippen LogP contribution is 2.34. The van der Waals surface area contributed by atoms with Gasteiger partial charge < -0.3 is 9.47 Å². The molecule has 0 spiro atoms. The Labute approximate surface area is 180 Å². The van der Waals surface area contributed by atoms with E-state index in [-0.39, 0.29) is 15.6 Å². The predicted octanol–water partition coefficient (Wildman–Crippen LogP) is 3.16. The summed E-state index contributed by atoms with van der Waals surface area (Å²) in [4.78, 5) is 35.7. The summed E-state index contributed by atoms with van der Waals surface area (Å²) in [5.74, 6) is -0.159. The molecule has 1 fully saturated rings. The number of ether oxygens (including phenoxy) is 2. The van der Waals surface area contributed by atoms with Crippen LogP contribution in [0.1, 0.15) is 15.9 Å². The summed E-state index contributed by atoms with van der Waals surface area (Å²) >= 11 is 6.21. The zero-order valence-electron chi connectivity index (χ0n) is 15.8. The van der Waals surface area contributed by atoms with E-state index in [0.717, 1.165) is 22.8 Å². The molecule has 1 aliphatic heterocycles. The molecular formula is C19H15N3O6S2. The van der Waals surface area contributed by atoms with Gasteiger partial charge in [0.2, 0.25) is 0 Å². The first kappa shape index (κ1) is 21.3. The maximum atomic E-state index is 12.7. The number of nitro groups is 1. The van der Waals surface area contributed by atoms with Gasteiger partial charge in [-0.3, -0.25) is 25.1 Å². The molecule has 9 nitrogen and oxygen atoms in total. The average Bonchev–Trinajstić information content (AvgIpc) is 3.00. The summed E-state index contributed by atoms with van der Waals surface area (Å²) in [5, 5.41) is 11.8. The molecular weight excluding hydrogens is 430 g/mol. The van der Waals surface area contributed by atoms with Crippen LogP contribution in [0.5, 0.6) is 11.5 Å². The van der Waals surface area contributed by atoms with Gasteiger partial charge in [-0.2, -0.15) is 5.01 Å². The van der Waals surface area contributed by atoms with Gasteiger partial charge in [-0.05, 0) is 42.1 Å². The fraction of sp³-hybridized carbons (Fsp3) is 0.105. The predicted molar refractivity (Wildman–Crippen MR) is 115 cm³/mol. The van der Waals surface area contributed by atoms with E-state index in [0.29, 0.717) is 22.0 Å². The van der Waals surface area contributed by atoms with Gasteiger partial charge in [0.25, 0.3) is 17.5 Å². The van der Waals surface area contributed by atoms with E-state index in [9.17, 15) is 19.7 Å². The highest BCUT2D eigenvalue weighted by molar-refractivity contribution is 8.26. The first-order valence-corrected chi connectivity index (χ1v) is 9.62. The molecule has 2 amide bonds. The molecule has 0 aliphatic carbocycles. The van der Waals surface area contributed by atoms with Crippen LogP contribution in [0.2, 0.25) is 0 Å². The second-order valence-corrected chi connectivity index (χ2v) is 7.56. The van der Waals surface area contributed by atoms with Crippen molar-refractivity contribution in [1.82, 2.24) is 10.4 Å². The van der Waals surface area contributed by atoms with Crippen molar-refractivity contribution in [3.63, 3.8) is 0 Å². The number of non-ortho nitro benzene ring substituents is 1. The van der Waals surface area contributed by atoms with Crippen molar-refractivity contribution in [2.75, 3.05) is 14.2 Å². The Kier molecular flexibility index (Phi) is 6.33. The SMILES string of the molecule is COc1ccc(/C=C2/SC(=S)N(NC(=O)c3cccc([N+](=O)[O-])c3)C2=O)cc1OC. The fourth-order valence-corrected chi connectivity index (χ4v) is 3.76. The molecule has 30 heavy (non-hydrogen) atoms. The Bertz CT molecular complexity index is 1090. The number of hydrogen-bond acceptors (Lipinski definition) is 8. The maximum absolute atomic E-state index is 12.7. The monoisotopic (exact) mass is 445 g/mol. The second kappa shape index (κ2) is 8.93. The van der Waals surface area contributed by atoms with Crippen LogP contribution in [0.15, 0.2) is 47.4 Å². The minimum Gasteiger partial charge on any atom is -0.493 e. The third-order valence-electron chi connectivity index (χ3n) is 4.03. The third-order valence-corrected chi connectivity index (χ3v) is 5.33. The lowest BCUT2D eigenvalue weighted by Crippen LogP contribution is -2.44. The zero-order chi connectivity index (χ0) is 21.8. The number of benzene rings is 2. The van der Waals surface area contributed by atoms with Gasteiger partial charge in [-0.1, -0.05) is 23.9 Å². The van der Waals surface area contributed by atoms with E-state index in [1.54, 1.807) is 24.3 Å². The van der Waals surface area contributed by atoms with Crippen LogP contribution in [-0.2, 0) is 4.79 Å². The van der Waals surface area contributed by atoms with Crippen LogP contribution in [0.25, 0.3) is 6.08 Å². The highest BCUT2D eigenvalue weighted by Gasteiger charge is 2.34. The van der Waals surface area contributed by atoms with E-state index in [1.165, 1.54) is 32.4 Å². The normalized spacial score (nSPS) is 14.7. The number of methoxy groups -OCH3 is 2. The van der Waals surface area contributed by atoms with Crippen LogP contribution < -0.4 is 14.9 Å². The van der Waals surface area contributed by atoms with Gasteiger partial charge >= 0.3 is 0 Å². The van der Waals surface area contributed by atoms with Crippen molar-refractivity contribution >= 4 is 51.9 Å². The lowest BCUT2D eigenvalue weighted by molar-refractivity contribution is -0.384. The van der Waals surface area contributed by atoms with Crippen LogP contribution in [-0.4, -0.2) is 40.3 Å². The molecule has 1 heterocycles. The number of nitro benzene ring substituents is 1. The summed E-state index contributed by atoms with van der Waals surface area (Å²) < 4.78 is 10.6. The van der Waals surface area contributed by atoms with Crippen LogP contribution in [0, 0.1) is 10.1 Å². The number of rotatable bonds is 6. The van der Waals surface area contributed by atoms with Gasteiger partial charge in [-0.25, -0.2) is 0 Å². The summed E-state index contributed by atoms with van der Waals surface area (Å²) in [6.07, 6.45) is 1.61. The van der Waals surface area contributed by atoms with Crippen LogP contribution >= 0.6 is 24.0 Å². The lowest BCUT2D eigenvalue weighted by Gasteiger charge is -2.15.